The maximum atomic E-state index is 13.2. The van der Waals surface area contributed by atoms with Crippen LogP contribution in [0.15, 0.2) is 24.3 Å². The van der Waals surface area contributed by atoms with Crippen molar-refractivity contribution in [1.29, 1.82) is 0 Å². The number of benzene rings is 1. The van der Waals surface area contributed by atoms with E-state index in [1.165, 1.54) is 0 Å². The molecular weight excluding hydrogens is 246 g/mol. The van der Waals surface area contributed by atoms with Crippen molar-refractivity contribution < 1.29 is 13.9 Å². The van der Waals surface area contributed by atoms with Crippen LogP contribution in [0.2, 0.25) is 0 Å². The lowest BCUT2D eigenvalue weighted by atomic mass is 9.72. The summed E-state index contributed by atoms with van der Waals surface area (Å²) in [4.78, 5) is 0. The van der Waals surface area contributed by atoms with Gasteiger partial charge in [-0.3, -0.25) is 0 Å². The molecule has 0 aliphatic carbocycles. The van der Waals surface area contributed by atoms with Crippen molar-refractivity contribution in [3.05, 3.63) is 35.4 Å². The molecule has 0 spiro atoms. The van der Waals surface area contributed by atoms with Gasteiger partial charge in [0.25, 0.3) is 0 Å². The number of hydrogen-bond donors (Lipinski definition) is 1. The van der Waals surface area contributed by atoms with E-state index in [9.17, 15) is 13.9 Å². The Morgan fingerprint density at radius 1 is 1.11 bits per heavy atom. The summed E-state index contributed by atoms with van der Waals surface area (Å²) < 4.78 is 26.5. The lowest BCUT2D eigenvalue weighted by Crippen LogP contribution is -2.43. The first-order valence-electron chi connectivity index (χ1n) is 6.97. The maximum Gasteiger partial charge on any atom is 0.244 e. The number of rotatable bonds is 6. The van der Waals surface area contributed by atoms with Crippen LogP contribution in [0.3, 0.4) is 0 Å². The minimum Gasteiger partial charge on any atom is -0.384 e. The second-order valence-electron chi connectivity index (χ2n) is 5.38. The van der Waals surface area contributed by atoms with E-state index in [1.807, 2.05) is 19.1 Å². The lowest BCUT2D eigenvalue weighted by Gasteiger charge is -2.39. The van der Waals surface area contributed by atoms with E-state index < -0.39 is 17.9 Å². The van der Waals surface area contributed by atoms with Gasteiger partial charge >= 0.3 is 0 Å². The molecule has 1 nitrogen and oxygen atoms in total. The largest absolute Gasteiger partial charge is 0.384 e. The summed E-state index contributed by atoms with van der Waals surface area (Å²) >= 11 is 0. The van der Waals surface area contributed by atoms with Crippen molar-refractivity contribution in [3.63, 3.8) is 0 Å². The summed E-state index contributed by atoms with van der Waals surface area (Å²) in [5.74, 6) is -1.31. The monoisotopic (exact) mass is 270 g/mol. The fourth-order valence-corrected chi connectivity index (χ4v) is 2.66. The van der Waals surface area contributed by atoms with Gasteiger partial charge in [0.2, 0.25) is 6.43 Å². The average Bonchev–Trinajstić information content (AvgIpc) is 2.38. The van der Waals surface area contributed by atoms with Crippen LogP contribution < -0.4 is 0 Å². The molecule has 1 N–H and O–H groups in total. The van der Waals surface area contributed by atoms with Gasteiger partial charge in [-0.1, -0.05) is 52.0 Å². The fourth-order valence-electron chi connectivity index (χ4n) is 2.66. The second-order valence-corrected chi connectivity index (χ2v) is 5.38. The predicted molar refractivity (Wildman–Crippen MR) is 74.3 cm³/mol. The summed E-state index contributed by atoms with van der Waals surface area (Å²) in [6, 6.07) is 7.37. The van der Waals surface area contributed by atoms with E-state index >= 15 is 0 Å². The quantitative estimate of drug-likeness (QED) is 0.813. The highest BCUT2D eigenvalue weighted by molar-refractivity contribution is 5.28. The number of aliphatic hydroxyl groups is 1. The van der Waals surface area contributed by atoms with E-state index in [-0.39, 0.29) is 12.3 Å². The smallest absolute Gasteiger partial charge is 0.244 e. The van der Waals surface area contributed by atoms with Crippen molar-refractivity contribution in [1.82, 2.24) is 0 Å². The number of aryl methyl sites for hydroxylation is 1. The number of alkyl halides is 2. The average molecular weight is 270 g/mol. The summed E-state index contributed by atoms with van der Waals surface area (Å²) in [7, 11) is 0. The summed E-state index contributed by atoms with van der Waals surface area (Å²) in [6.45, 7) is 7.32. The Morgan fingerprint density at radius 3 is 1.95 bits per heavy atom. The van der Waals surface area contributed by atoms with E-state index in [0.29, 0.717) is 5.56 Å². The molecule has 2 unspecified atom stereocenters. The highest BCUT2D eigenvalue weighted by Gasteiger charge is 2.44. The molecule has 1 aromatic rings. The van der Waals surface area contributed by atoms with Gasteiger partial charge in [0.15, 0.2) is 0 Å². The van der Waals surface area contributed by atoms with Gasteiger partial charge in [0.1, 0.15) is 5.60 Å². The van der Waals surface area contributed by atoms with Gasteiger partial charge in [-0.05, 0) is 29.9 Å². The summed E-state index contributed by atoms with van der Waals surface area (Å²) in [6.07, 6.45) is -1.38. The van der Waals surface area contributed by atoms with Gasteiger partial charge < -0.3 is 5.11 Å². The van der Waals surface area contributed by atoms with Crippen molar-refractivity contribution in [3.8, 4) is 0 Å². The van der Waals surface area contributed by atoms with Gasteiger partial charge in [0, 0.05) is 0 Å². The predicted octanol–water partition coefficient (Wildman–Crippen LogP) is 4.38. The first kappa shape index (κ1) is 16.1. The molecule has 0 aliphatic rings. The minimum absolute atomic E-state index is 0.252. The lowest BCUT2D eigenvalue weighted by molar-refractivity contribution is -0.121. The Morgan fingerprint density at radius 2 is 1.63 bits per heavy atom. The number of halogens is 2. The van der Waals surface area contributed by atoms with Gasteiger partial charge in [0.05, 0.1) is 5.92 Å². The molecule has 0 fully saturated rings. The highest BCUT2D eigenvalue weighted by Crippen LogP contribution is 2.41. The minimum atomic E-state index is -2.52. The third kappa shape index (κ3) is 3.14. The molecule has 1 aromatic carbocycles. The second kappa shape index (κ2) is 6.47. The first-order valence-corrected chi connectivity index (χ1v) is 6.97. The molecule has 3 heteroatoms. The van der Waals surface area contributed by atoms with Crippen LogP contribution in [0, 0.1) is 11.8 Å². The number of hydrogen-bond acceptors (Lipinski definition) is 1. The molecule has 1 rings (SSSR count). The van der Waals surface area contributed by atoms with Crippen LogP contribution in [0.1, 0.15) is 45.2 Å². The van der Waals surface area contributed by atoms with Crippen LogP contribution in [0.4, 0.5) is 8.78 Å². The van der Waals surface area contributed by atoms with Crippen molar-refractivity contribution in [2.45, 2.75) is 52.6 Å². The zero-order valence-corrected chi connectivity index (χ0v) is 12.2. The Hall–Kier alpha value is -0.960. The van der Waals surface area contributed by atoms with E-state index in [4.69, 9.17) is 0 Å². The Labute approximate surface area is 114 Å². The summed E-state index contributed by atoms with van der Waals surface area (Å²) in [5, 5.41) is 10.9. The molecule has 0 saturated carbocycles. The highest BCUT2D eigenvalue weighted by atomic mass is 19.3. The molecule has 0 amide bonds. The molecule has 0 radical (unpaired) electrons. The SMILES string of the molecule is CCc1ccc(C(O)(C(C)C)C(CC)C(F)F)cc1. The third-order valence-corrected chi connectivity index (χ3v) is 4.01. The van der Waals surface area contributed by atoms with Crippen LogP contribution in [-0.4, -0.2) is 11.5 Å². The van der Waals surface area contributed by atoms with Crippen LogP contribution >= 0.6 is 0 Å². The molecule has 0 aromatic heterocycles. The molecule has 19 heavy (non-hydrogen) atoms. The molecule has 0 aliphatic heterocycles. The van der Waals surface area contributed by atoms with E-state index in [0.717, 1.165) is 12.0 Å². The Kier molecular flexibility index (Phi) is 5.48. The summed E-state index contributed by atoms with van der Waals surface area (Å²) in [5.41, 5.74) is 0.252. The normalized spacial score (nSPS) is 16.7. The fraction of sp³-hybridized carbons (Fsp3) is 0.625. The molecule has 108 valence electrons. The van der Waals surface area contributed by atoms with Gasteiger partial charge in [-0.2, -0.15) is 0 Å². The zero-order valence-electron chi connectivity index (χ0n) is 12.2. The van der Waals surface area contributed by atoms with Gasteiger partial charge in [-0.25, -0.2) is 8.78 Å². The van der Waals surface area contributed by atoms with E-state index in [2.05, 4.69) is 0 Å². The van der Waals surface area contributed by atoms with Crippen molar-refractivity contribution in [2.24, 2.45) is 11.8 Å². The Bertz CT molecular complexity index is 386. The van der Waals surface area contributed by atoms with Crippen molar-refractivity contribution in [2.75, 3.05) is 0 Å². The molecule has 0 bridgehead atoms. The van der Waals surface area contributed by atoms with Crippen LogP contribution in [0.5, 0.6) is 0 Å². The van der Waals surface area contributed by atoms with Gasteiger partial charge in [-0.15, -0.1) is 0 Å². The molecule has 0 saturated heterocycles. The molecular formula is C16H24F2O. The Balaban J connectivity index is 3.23. The third-order valence-electron chi connectivity index (χ3n) is 4.01. The van der Waals surface area contributed by atoms with E-state index in [1.54, 1.807) is 32.9 Å². The zero-order chi connectivity index (χ0) is 14.6. The van der Waals surface area contributed by atoms with Crippen molar-refractivity contribution >= 4 is 0 Å². The van der Waals surface area contributed by atoms with Crippen LogP contribution in [-0.2, 0) is 12.0 Å². The molecule has 2 atom stereocenters. The topological polar surface area (TPSA) is 20.2 Å². The standard InChI is InChI=1S/C16H24F2O/c1-5-12-7-9-13(10-8-12)16(19,11(3)4)14(6-2)15(17)18/h7-11,14-15,19H,5-6H2,1-4H3. The molecule has 0 heterocycles. The maximum absolute atomic E-state index is 13.2. The first-order chi connectivity index (χ1) is 8.87. The van der Waals surface area contributed by atoms with Crippen LogP contribution in [0.25, 0.3) is 0 Å².